The number of allylic oxidation sites excluding steroid dienone is 1. The first kappa shape index (κ1) is 19.5. The molecule has 0 aliphatic carbocycles. The van der Waals surface area contributed by atoms with Crippen molar-refractivity contribution in [1.29, 1.82) is 5.41 Å². The Morgan fingerprint density at radius 2 is 1.72 bits per heavy atom. The summed E-state index contributed by atoms with van der Waals surface area (Å²) in [4.78, 5) is 12.6. The van der Waals surface area contributed by atoms with Crippen LogP contribution >= 0.6 is 40.2 Å². The van der Waals surface area contributed by atoms with Crippen molar-refractivity contribution in [2.75, 3.05) is 0 Å². The molecule has 0 radical (unpaired) electrons. The highest BCUT2D eigenvalue weighted by atomic mass is 79.9. The number of nitrogens with zero attached hydrogens (tertiary/aromatic N) is 2. The summed E-state index contributed by atoms with van der Waals surface area (Å²) in [6, 6.07) is 12.4. The second-order valence-corrected chi connectivity index (χ2v) is 6.16. The Balaban J connectivity index is 0.00000225. The number of halogens is 3. The molecule has 1 N–H and O–H groups in total. The van der Waals surface area contributed by atoms with Gasteiger partial charge in [-0.15, -0.1) is 23.6 Å². The Morgan fingerprint density at radius 3 is 2.32 bits per heavy atom. The molecule has 1 heterocycles. The van der Waals surface area contributed by atoms with E-state index >= 15 is 0 Å². The van der Waals surface area contributed by atoms with E-state index in [1.807, 2.05) is 28.8 Å². The predicted octanol–water partition coefficient (Wildman–Crippen LogP) is 4.88. The number of imidazole rings is 1. The Kier molecular flexibility index (Phi) is 6.27. The van der Waals surface area contributed by atoms with Crippen molar-refractivity contribution in [2.24, 2.45) is 0 Å². The van der Waals surface area contributed by atoms with Crippen molar-refractivity contribution >= 4 is 57.0 Å². The van der Waals surface area contributed by atoms with Gasteiger partial charge < -0.3 is 9.13 Å². The first-order valence-electron chi connectivity index (χ1n) is 7.34. The zero-order valence-electron chi connectivity index (χ0n) is 13.2. The van der Waals surface area contributed by atoms with Gasteiger partial charge >= 0.3 is 0 Å². The van der Waals surface area contributed by atoms with Crippen molar-refractivity contribution in [1.82, 2.24) is 9.13 Å². The van der Waals surface area contributed by atoms with Crippen molar-refractivity contribution in [3.05, 3.63) is 76.3 Å². The fraction of sp³-hybridized carbons (Fsp3) is 0.111. The maximum atomic E-state index is 12.6. The van der Waals surface area contributed by atoms with Crippen LogP contribution in [0.1, 0.15) is 10.4 Å². The van der Waals surface area contributed by atoms with Crippen molar-refractivity contribution in [3.63, 3.8) is 0 Å². The molecule has 0 spiro atoms. The van der Waals surface area contributed by atoms with Crippen LogP contribution in [0.3, 0.4) is 0 Å². The third-order valence-corrected chi connectivity index (χ3v) is 4.57. The molecule has 3 rings (SSSR count). The zero-order chi connectivity index (χ0) is 17.3. The first-order chi connectivity index (χ1) is 11.5. The summed E-state index contributed by atoms with van der Waals surface area (Å²) in [5.41, 5.74) is 2.45. The minimum atomic E-state index is -0.131. The largest absolute Gasteiger partial charge is 0.307 e. The number of benzene rings is 2. The standard InChI is InChI=1S/C18H15Cl2N3O.BrH/c1-2-9-22-15-5-3-4-6-16(15)23(18(22)21)11-17(24)12-7-8-13(19)14(20)10-12;/h2-8,10,21H,1,9,11H2;1H. The van der Waals surface area contributed by atoms with Crippen LogP contribution in [0.4, 0.5) is 0 Å². The first-order valence-corrected chi connectivity index (χ1v) is 8.10. The molecule has 130 valence electrons. The number of para-hydroxylation sites is 2. The van der Waals surface area contributed by atoms with E-state index in [1.54, 1.807) is 28.8 Å². The van der Waals surface area contributed by atoms with Crippen LogP contribution in [-0.2, 0) is 13.1 Å². The number of Topliss-reactive ketones (excluding diaryl/α,β-unsaturated/α-hetero) is 1. The van der Waals surface area contributed by atoms with E-state index in [4.69, 9.17) is 28.6 Å². The Hall–Kier alpha value is -1.82. The summed E-state index contributed by atoms with van der Waals surface area (Å²) in [6.45, 7) is 4.30. The zero-order valence-corrected chi connectivity index (χ0v) is 16.4. The maximum Gasteiger partial charge on any atom is 0.203 e. The van der Waals surface area contributed by atoms with Crippen LogP contribution in [0.2, 0.25) is 10.0 Å². The smallest absolute Gasteiger partial charge is 0.203 e. The molecule has 0 fully saturated rings. The minimum absolute atomic E-state index is 0. The third-order valence-electron chi connectivity index (χ3n) is 3.83. The number of fused-ring (bicyclic) bond motifs is 1. The highest BCUT2D eigenvalue weighted by Gasteiger charge is 2.14. The van der Waals surface area contributed by atoms with Gasteiger partial charge in [-0.2, -0.15) is 0 Å². The fourth-order valence-corrected chi connectivity index (χ4v) is 2.97. The fourth-order valence-electron chi connectivity index (χ4n) is 2.67. The van der Waals surface area contributed by atoms with E-state index in [9.17, 15) is 4.79 Å². The number of carbonyl (C=O) groups excluding carboxylic acids is 1. The summed E-state index contributed by atoms with van der Waals surface area (Å²) in [5.74, 6) is -0.131. The van der Waals surface area contributed by atoms with Crippen LogP contribution < -0.4 is 5.62 Å². The molecule has 1 aromatic heterocycles. The molecule has 0 amide bonds. The van der Waals surface area contributed by atoms with E-state index in [1.165, 1.54) is 0 Å². The monoisotopic (exact) mass is 439 g/mol. The van der Waals surface area contributed by atoms with Crippen LogP contribution in [0, 0.1) is 5.41 Å². The number of hydrogen-bond donors (Lipinski definition) is 1. The van der Waals surface area contributed by atoms with E-state index in [2.05, 4.69) is 6.58 Å². The van der Waals surface area contributed by atoms with Gasteiger partial charge in [0.2, 0.25) is 5.62 Å². The summed E-state index contributed by atoms with van der Waals surface area (Å²) in [6.07, 6.45) is 1.73. The van der Waals surface area contributed by atoms with Gasteiger partial charge in [0.1, 0.15) is 0 Å². The highest BCUT2D eigenvalue weighted by molar-refractivity contribution is 8.93. The number of hydrogen-bond acceptors (Lipinski definition) is 2. The lowest BCUT2D eigenvalue weighted by atomic mass is 10.1. The maximum absolute atomic E-state index is 12.6. The molecule has 0 aliphatic rings. The van der Waals surface area contributed by atoms with Crippen LogP contribution in [0.25, 0.3) is 11.0 Å². The van der Waals surface area contributed by atoms with E-state index in [-0.39, 0.29) is 34.9 Å². The van der Waals surface area contributed by atoms with Gasteiger partial charge in [0.25, 0.3) is 0 Å². The molecule has 0 saturated heterocycles. The lowest BCUT2D eigenvalue weighted by Gasteiger charge is -2.05. The molecule has 0 saturated carbocycles. The van der Waals surface area contributed by atoms with Gasteiger partial charge in [0.15, 0.2) is 5.78 Å². The van der Waals surface area contributed by atoms with Crippen LogP contribution in [0.5, 0.6) is 0 Å². The lowest BCUT2D eigenvalue weighted by molar-refractivity contribution is 0.0971. The van der Waals surface area contributed by atoms with Crippen molar-refractivity contribution in [2.45, 2.75) is 13.1 Å². The van der Waals surface area contributed by atoms with Crippen LogP contribution in [-0.4, -0.2) is 14.9 Å². The molecule has 2 aromatic carbocycles. The number of nitrogens with one attached hydrogen (secondary N) is 1. The number of ketones is 1. The molecule has 0 bridgehead atoms. The average molecular weight is 441 g/mol. The van der Waals surface area contributed by atoms with Gasteiger partial charge in [-0.05, 0) is 30.3 Å². The Morgan fingerprint density at radius 1 is 1.08 bits per heavy atom. The van der Waals surface area contributed by atoms with Crippen molar-refractivity contribution in [3.8, 4) is 0 Å². The molecular weight excluding hydrogens is 425 g/mol. The van der Waals surface area contributed by atoms with Gasteiger partial charge in [-0.3, -0.25) is 10.2 Å². The topological polar surface area (TPSA) is 50.8 Å². The van der Waals surface area contributed by atoms with E-state index in [0.717, 1.165) is 11.0 Å². The Bertz CT molecular complexity index is 1010. The highest BCUT2D eigenvalue weighted by Crippen LogP contribution is 2.23. The SMILES string of the molecule is Br.C=CCn1c(=N)n(CC(=O)c2ccc(Cl)c(Cl)c2)c2ccccc21. The predicted molar refractivity (Wildman–Crippen MR) is 107 cm³/mol. The van der Waals surface area contributed by atoms with Gasteiger partial charge in [-0.25, -0.2) is 0 Å². The minimum Gasteiger partial charge on any atom is -0.307 e. The molecule has 4 nitrogen and oxygen atoms in total. The Labute approximate surface area is 165 Å². The molecule has 25 heavy (non-hydrogen) atoms. The molecule has 7 heteroatoms. The summed E-state index contributed by atoms with van der Waals surface area (Å²) < 4.78 is 3.49. The molecule has 0 unspecified atom stereocenters. The van der Waals surface area contributed by atoms with Crippen molar-refractivity contribution < 1.29 is 4.79 Å². The van der Waals surface area contributed by atoms with Gasteiger partial charge in [-0.1, -0.05) is 41.4 Å². The number of carbonyl (C=O) groups is 1. The molecule has 3 aromatic rings. The number of rotatable bonds is 5. The third kappa shape index (κ3) is 3.73. The van der Waals surface area contributed by atoms with Gasteiger partial charge in [0, 0.05) is 12.1 Å². The second-order valence-electron chi connectivity index (χ2n) is 5.35. The summed E-state index contributed by atoms with van der Waals surface area (Å²) in [5, 5.41) is 9.14. The second kappa shape index (κ2) is 8.04. The molecule has 0 aliphatic heterocycles. The van der Waals surface area contributed by atoms with Gasteiger partial charge in [0.05, 0.1) is 27.6 Å². The normalized spacial score (nSPS) is 10.5. The molecule has 0 atom stereocenters. The quantitative estimate of drug-likeness (QED) is 0.446. The average Bonchev–Trinajstić information content (AvgIpc) is 2.83. The van der Waals surface area contributed by atoms with Crippen LogP contribution in [0.15, 0.2) is 55.1 Å². The summed E-state index contributed by atoms with van der Waals surface area (Å²) >= 11 is 11.9. The lowest BCUT2D eigenvalue weighted by Crippen LogP contribution is -2.27. The summed E-state index contributed by atoms with van der Waals surface area (Å²) in [7, 11) is 0. The molecular formula is C18H16BrCl2N3O. The van der Waals surface area contributed by atoms with E-state index < -0.39 is 0 Å². The van der Waals surface area contributed by atoms with E-state index in [0.29, 0.717) is 22.2 Å². The number of aromatic nitrogens is 2.